The van der Waals surface area contributed by atoms with Crippen LogP contribution in [0.5, 0.6) is 0 Å². The van der Waals surface area contributed by atoms with E-state index in [1.165, 1.54) is 11.1 Å². The van der Waals surface area contributed by atoms with Gasteiger partial charge in [0.25, 0.3) is 11.8 Å². The molecule has 3 aromatic carbocycles. The molecule has 3 aliphatic heterocycles. The van der Waals surface area contributed by atoms with Crippen LogP contribution in [0.2, 0.25) is 0 Å². The zero-order valence-corrected chi connectivity index (χ0v) is 32.5. The van der Waals surface area contributed by atoms with Crippen molar-refractivity contribution in [2.75, 3.05) is 52.5 Å². The van der Waals surface area contributed by atoms with E-state index in [2.05, 4.69) is 47.6 Å². The average Bonchev–Trinajstić information content (AvgIpc) is 3.49. The molecule has 0 aliphatic carbocycles. The fraction of sp³-hybridized carbons (Fsp3) is 0.444. The molecule has 1 atom stereocenters. The number of carbonyl (C=O) groups excluding carboxylic acids is 3. The van der Waals surface area contributed by atoms with E-state index in [1.807, 2.05) is 77.2 Å². The highest BCUT2D eigenvalue weighted by molar-refractivity contribution is 6.03. The van der Waals surface area contributed by atoms with Gasteiger partial charge in [0.1, 0.15) is 0 Å². The van der Waals surface area contributed by atoms with E-state index in [0.29, 0.717) is 56.7 Å². The summed E-state index contributed by atoms with van der Waals surface area (Å²) in [5.41, 5.74) is 9.49. The lowest BCUT2D eigenvalue weighted by molar-refractivity contribution is -0.131. The zero-order valence-electron chi connectivity index (χ0n) is 32.5. The number of nitrogens with zero attached hydrogens (tertiary/aromatic N) is 5. The lowest BCUT2D eigenvalue weighted by Gasteiger charge is -2.36. The van der Waals surface area contributed by atoms with Crippen LogP contribution in [-0.4, -0.2) is 100 Å². The molecule has 1 saturated heterocycles. The molecule has 4 aromatic rings. The van der Waals surface area contributed by atoms with Gasteiger partial charge in [0, 0.05) is 88.0 Å². The van der Waals surface area contributed by atoms with Gasteiger partial charge in [-0.05, 0) is 79.1 Å². The SMILES string of the molecule is CCCCN(CCN1CCOCC1)C(=O)c1cc(-c2cc3c(cc2C(=O)N2Cc4ccccc4C[C@H]2C)CN(C(=O)Cc2ccccc2)CC3)n(C)c1C. The third kappa shape index (κ3) is 8.03. The van der Waals surface area contributed by atoms with E-state index >= 15 is 0 Å². The monoisotopic (exact) mass is 729 g/mol. The Balaban J connectivity index is 1.23. The van der Waals surface area contributed by atoms with Gasteiger partial charge < -0.3 is 24.0 Å². The first-order valence-corrected chi connectivity index (χ1v) is 19.8. The van der Waals surface area contributed by atoms with Gasteiger partial charge in [0.2, 0.25) is 5.91 Å². The smallest absolute Gasteiger partial charge is 0.255 e. The predicted octanol–water partition coefficient (Wildman–Crippen LogP) is 6.29. The highest BCUT2D eigenvalue weighted by atomic mass is 16.5. The molecule has 54 heavy (non-hydrogen) atoms. The summed E-state index contributed by atoms with van der Waals surface area (Å²) in [5.74, 6) is 0.104. The van der Waals surface area contributed by atoms with Crippen LogP contribution in [0.25, 0.3) is 11.3 Å². The number of hydrogen-bond donors (Lipinski definition) is 0. The van der Waals surface area contributed by atoms with E-state index in [-0.39, 0.29) is 23.8 Å². The normalized spacial score (nSPS) is 17.2. The molecular weight excluding hydrogens is 675 g/mol. The number of unbranched alkanes of at least 4 members (excludes halogenated alkanes) is 1. The van der Waals surface area contributed by atoms with Crippen molar-refractivity contribution in [1.29, 1.82) is 0 Å². The molecule has 3 amide bonds. The van der Waals surface area contributed by atoms with Gasteiger partial charge in [-0.1, -0.05) is 67.9 Å². The number of amides is 3. The quantitative estimate of drug-likeness (QED) is 0.182. The van der Waals surface area contributed by atoms with Gasteiger partial charge in [0.15, 0.2) is 0 Å². The van der Waals surface area contributed by atoms with E-state index in [4.69, 9.17) is 4.74 Å². The Morgan fingerprint density at radius 1 is 0.833 bits per heavy atom. The Morgan fingerprint density at radius 2 is 1.57 bits per heavy atom. The van der Waals surface area contributed by atoms with Crippen LogP contribution in [0.15, 0.2) is 72.8 Å². The molecular formula is C45H55N5O4. The maximum absolute atomic E-state index is 14.9. The maximum atomic E-state index is 14.9. The fourth-order valence-electron chi connectivity index (χ4n) is 8.29. The van der Waals surface area contributed by atoms with Crippen molar-refractivity contribution in [3.05, 3.63) is 117 Å². The number of morpholine rings is 1. The van der Waals surface area contributed by atoms with Gasteiger partial charge in [-0.25, -0.2) is 0 Å². The standard InChI is InChI=1S/C45H55N5O4/c1-5-6-17-48(20-19-47-21-23-54-24-22-47)44(52)39-29-42(46(4)33(39)3)40-27-36-16-18-49(43(51)26-34-12-8-7-9-13-34)30-38(36)28-41(40)45(53)50-31-37-15-11-10-14-35(37)25-32(50)2/h7-15,27-29,32H,5-6,16-26,30-31H2,1-4H3/t32-/m1/s1. The highest BCUT2D eigenvalue weighted by Gasteiger charge is 2.32. The van der Waals surface area contributed by atoms with Crippen molar-refractivity contribution in [1.82, 2.24) is 24.2 Å². The first kappa shape index (κ1) is 37.6. The van der Waals surface area contributed by atoms with Crippen LogP contribution in [0, 0.1) is 6.92 Å². The van der Waals surface area contributed by atoms with Crippen LogP contribution in [0.4, 0.5) is 0 Å². The second-order valence-corrected chi connectivity index (χ2v) is 15.3. The summed E-state index contributed by atoms with van der Waals surface area (Å²) >= 11 is 0. The molecule has 0 spiro atoms. The minimum Gasteiger partial charge on any atom is -0.379 e. The number of benzene rings is 3. The molecule has 7 rings (SSSR count). The van der Waals surface area contributed by atoms with Crippen molar-refractivity contribution < 1.29 is 19.1 Å². The zero-order chi connectivity index (χ0) is 37.8. The number of hydrogen-bond acceptors (Lipinski definition) is 5. The Hall–Kier alpha value is -4.73. The number of ether oxygens (including phenoxy) is 1. The fourth-order valence-corrected chi connectivity index (χ4v) is 8.29. The van der Waals surface area contributed by atoms with E-state index in [1.54, 1.807) is 0 Å². The van der Waals surface area contributed by atoms with E-state index in [0.717, 1.165) is 85.8 Å². The van der Waals surface area contributed by atoms with Crippen LogP contribution in [0.1, 0.15) is 80.9 Å². The molecule has 0 radical (unpaired) electrons. The van der Waals surface area contributed by atoms with Crippen molar-refractivity contribution in [3.63, 3.8) is 0 Å². The van der Waals surface area contributed by atoms with Gasteiger partial charge in [-0.2, -0.15) is 0 Å². The highest BCUT2D eigenvalue weighted by Crippen LogP contribution is 2.35. The Bertz CT molecular complexity index is 1980. The summed E-state index contributed by atoms with van der Waals surface area (Å²) < 4.78 is 7.63. The molecule has 0 N–H and O–H groups in total. The lowest BCUT2D eigenvalue weighted by Crippen LogP contribution is -2.43. The predicted molar refractivity (Wildman–Crippen MR) is 212 cm³/mol. The second kappa shape index (κ2) is 16.7. The number of fused-ring (bicyclic) bond motifs is 2. The Kier molecular flexibility index (Phi) is 11.6. The molecule has 3 aliphatic rings. The molecule has 0 unspecified atom stereocenters. The summed E-state index contributed by atoms with van der Waals surface area (Å²) in [5, 5.41) is 0. The minimum atomic E-state index is -0.0237. The Labute approximate surface area is 320 Å². The van der Waals surface area contributed by atoms with Gasteiger partial charge in [0.05, 0.1) is 25.2 Å². The van der Waals surface area contributed by atoms with Crippen LogP contribution in [0.3, 0.4) is 0 Å². The lowest BCUT2D eigenvalue weighted by atomic mass is 9.89. The number of aromatic nitrogens is 1. The van der Waals surface area contributed by atoms with Crippen LogP contribution >= 0.6 is 0 Å². The van der Waals surface area contributed by atoms with Crippen molar-refractivity contribution in [2.45, 2.75) is 72.0 Å². The minimum absolute atomic E-state index is 0.0195. The maximum Gasteiger partial charge on any atom is 0.255 e. The average molecular weight is 730 g/mol. The topological polar surface area (TPSA) is 78.3 Å². The molecule has 4 heterocycles. The number of carbonyl (C=O) groups is 3. The summed E-state index contributed by atoms with van der Waals surface area (Å²) in [4.78, 5) is 51.1. The molecule has 284 valence electrons. The Morgan fingerprint density at radius 3 is 2.33 bits per heavy atom. The molecule has 1 fully saturated rings. The largest absolute Gasteiger partial charge is 0.379 e. The van der Waals surface area contributed by atoms with E-state index < -0.39 is 0 Å². The molecule has 1 aromatic heterocycles. The first-order valence-electron chi connectivity index (χ1n) is 19.8. The molecule has 0 saturated carbocycles. The van der Waals surface area contributed by atoms with Gasteiger partial charge in [-0.3, -0.25) is 19.3 Å². The van der Waals surface area contributed by atoms with Crippen LogP contribution < -0.4 is 0 Å². The van der Waals surface area contributed by atoms with Crippen molar-refractivity contribution >= 4 is 17.7 Å². The molecule has 0 bridgehead atoms. The van der Waals surface area contributed by atoms with Gasteiger partial charge >= 0.3 is 0 Å². The molecule has 9 nitrogen and oxygen atoms in total. The summed E-state index contributed by atoms with van der Waals surface area (Å²) in [7, 11) is 2.00. The summed E-state index contributed by atoms with van der Waals surface area (Å²) in [6.07, 6.45) is 3.80. The third-order valence-corrected chi connectivity index (χ3v) is 11.8. The summed E-state index contributed by atoms with van der Waals surface area (Å²) in [6, 6.07) is 24.5. The number of rotatable bonds is 11. The van der Waals surface area contributed by atoms with Crippen molar-refractivity contribution in [3.8, 4) is 11.3 Å². The summed E-state index contributed by atoms with van der Waals surface area (Å²) in [6.45, 7) is 13.4. The van der Waals surface area contributed by atoms with Gasteiger partial charge in [-0.15, -0.1) is 0 Å². The first-order chi connectivity index (χ1) is 26.2. The third-order valence-electron chi connectivity index (χ3n) is 11.8. The van der Waals surface area contributed by atoms with Crippen molar-refractivity contribution in [2.24, 2.45) is 7.05 Å². The second-order valence-electron chi connectivity index (χ2n) is 15.3. The van der Waals surface area contributed by atoms with E-state index in [9.17, 15) is 14.4 Å². The van der Waals surface area contributed by atoms with Crippen LogP contribution in [-0.2, 0) is 48.9 Å². The molecule has 9 heteroatoms.